The molecule has 30 heavy (non-hydrogen) atoms. The summed E-state index contributed by atoms with van der Waals surface area (Å²) in [5.41, 5.74) is 5.00. The third-order valence-corrected chi connectivity index (χ3v) is 6.40. The predicted octanol–water partition coefficient (Wildman–Crippen LogP) is 4.97. The van der Waals surface area contributed by atoms with E-state index in [-0.39, 0.29) is 18.4 Å². The van der Waals surface area contributed by atoms with Gasteiger partial charge >= 0.3 is 0 Å². The van der Waals surface area contributed by atoms with Crippen LogP contribution in [0.2, 0.25) is 5.02 Å². The van der Waals surface area contributed by atoms with Crippen molar-refractivity contribution in [3.05, 3.63) is 75.4 Å². The van der Waals surface area contributed by atoms with Crippen LogP contribution in [0.5, 0.6) is 0 Å². The van der Waals surface area contributed by atoms with Crippen molar-refractivity contribution >= 4 is 29.0 Å². The van der Waals surface area contributed by atoms with Crippen LogP contribution in [0, 0.1) is 19.8 Å². The van der Waals surface area contributed by atoms with E-state index in [4.69, 9.17) is 11.6 Å². The number of rotatable bonds is 4. The average Bonchev–Trinajstić information content (AvgIpc) is 2.95. The van der Waals surface area contributed by atoms with Crippen LogP contribution in [0.4, 0.5) is 0 Å². The maximum absolute atomic E-state index is 13.5. The van der Waals surface area contributed by atoms with Crippen LogP contribution in [0.1, 0.15) is 42.0 Å². The topological polar surface area (TPSA) is 40.6 Å². The Balaban J connectivity index is 1.75. The third-order valence-electron chi connectivity index (χ3n) is 6.15. The molecule has 0 unspecified atom stereocenters. The van der Waals surface area contributed by atoms with Gasteiger partial charge in [-0.05, 0) is 61.4 Å². The molecule has 1 saturated heterocycles. The SMILES string of the molecule is Cc1ccc(C2=C(N3CCC(C)CC3)C(=O)N(Cc3ccc(Cl)cc3)C2=O)c(C)c1. The largest absolute Gasteiger partial charge is 0.366 e. The van der Waals surface area contributed by atoms with Crippen LogP contribution in [-0.2, 0) is 16.1 Å². The van der Waals surface area contributed by atoms with Crippen molar-refractivity contribution in [2.45, 2.75) is 40.2 Å². The van der Waals surface area contributed by atoms with E-state index in [0.717, 1.165) is 48.2 Å². The molecule has 0 saturated carbocycles. The highest BCUT2D eigenvalue weighted by Gasteiger charge is 2.42. The van der Waals surface area contributed by atoms with Crippen LogP contribution in [0.15, 0.2) is 48.2 Å². The zero-order chi connectivity index (χ0) is 21.4. The van der Waals surface area contributed by atoms with Crippen molar-refractivity contribution < 1.29 is 9.59 Å². The van der Waals surface area contributed by atoms with Crippen LogP contribution in [0.25, 0.3) is 5.57 Å². The number of carbonyl (C=O) groups excluding carboxylic acids is 2. The normalized spacial score (nSPS) is 18.0. The monoisotopic (exact) mass is 422 g/mol. The molecule has 0 radical (unpaired) electrons. The summed E-state index contributed by atoms with van der Waals surface area (Å²) in [6, 6.07) is 13.3. The van der Waals surface area contributed by atoms with Gasteiger partial charge in [-0.1, -0.05) is 54.4 Å². The molecule has 1 fully saturated rings. The Hall–Kier alpha value is -2.59. The maximum Gasteiger partial charge on any atom is 0.278 e. The molecule has 0 spiro atoms. The lowest BCUT2D eigenvalue weighted by atomic mass is 9.95. The van der Waals surface area contributed by atoms with Gasteiger partial charge in [0.2, 0.25) is 0 Å². The molecule has 2 aliphatic heterocycles. The minimum absolute atomic E-state index is 0.195. The number of benzene rings is 2. The fourth-order valence-corrected chi connectivity index (χ4v) is 4.47. The van der Waals surface area contributed by atoms with E-state index in [0.29, 0.717) is 22.2 Å². The van der Waals surface area contributed by atoms with Crippen LogP contribution in [0.3, 0.4) is 0 Å². The number of amides is 2. The molecular formula is C25H27ClN2O2. The number of likely N-dealkylation sites (tertiary alicyclic amines) is 1. The quantitative estimate of drug-likeness (QED) is 0.653. The first-order chi connectivity index (χ1) is 14.3. The zero-order valence-electron chi connectivity index (χ0n) is 17.7. The Morgan fingerprint density at radius 2 is 1.63 bits per heavy atom. The fourth-order valence-electron chi connectivity index (χ4n) is 4.34. The molecule has 2 aromatic carbocycles. The standard InChI is InChI=1S/C25H27ClN2O2/c1-16-10-12-27(13-11-16)23-22(21-9-4-17(2)14-18(21)3)24(29)28(25(23)30)15-19-5-7-20(26)8-6-19/h4-9,14,16H,10-13,15H2,1-3H3. The Morgan fingerprint density at radius 3 is 2.27 bits per heavy atom. The number of halogens is 1. The molecule has 5 heteroatoms. The Morgan fingerprint density at radius 1 is 0.967 bits per heavy atom. The summed E-state index contributed by atoms with van der Waals surface area (Å²) in [6.07, 6.45) is 2.06. The first kappa shape index (κ1) is 20.7. The average molecular weight is 423 g/mol. The minimum atomic E-state index is -0.212. The van der Waals surface area contributed by atoms with Gasteiger partial charge in [0.1, 0.15) is 5.70 Å². The number of hydrogen-bond donors (Lipinski definition) is 0. The van der Waals surface area contributed by atoms with E-state index in [1.54, 1.807) is 12.1 Å². The lowest BCUT2D eigenvalue weighted by Gasteiger charge is -2.32. The van der Waals surface area contributed by atoms with E-state index in [1.807, 2.05) is 38.1 Å². The van der Waals surface area contributed by atoms with E-state index >= 15 is 0 Å². The highest BCUT2D eigenvalue weighted by molar-refractivity contribution is 6.35. The highest BCUT2D eigenvalue weighted by atomic mass is 35.5. The second-order valence-corrected chi connectivity index (χ2v) is 8.97. The summed E-state index contributed by atoms with van der Waals surface area (Å²) in [5.74, 6) is 0.235. The van der Waals surface area contributed by atoms with Gasteiger partial charge in [0.25, 0.3) is 11.8 Å². The summed E-state index contributed by atoms with van der Waals surface area (Å²) >= 11 is 5.99. The Labute approximate surface area is 183 Å². The van der Waals surface area contributed by atoms with Gasteiger partial charge in [-0.25, -0.2) is 0 Å². The molecule has 4 rings (SSSR count). The van der Waals surface area contributed by atoms with Crippen molar-refractivity contribution in [1.82, 2.24) is 9.80 Å². The summed E-state index contributed by atoms with van der Waals surface area (Å²) in [7, 11) is 0. The zero-order valence-corrected chi connectivity index (χ0v) is 18.5. The van der Waals surface area contributed by atoms with Crippen molar-refractivity contribution in [2.75, 3.05) is 13.1 Å². The van der Waals surface area contributed by atoms with Crippen molar-refractivity contribution in [3.63, 3.8) is 0 Å². The molecule has 0 aromatic heterocycles. The molecule has 2 aliphatic rings. The van der Waals surface area contributed by atoms with Gasteiger partial charge in [-0.3, -0.25) is 14.5 Å². The van der Waals surface area contributed by atoms with Gasteiger partial charge in [-0.2, -0.15) is 0 Å². The molecule has 156 valence electrons. The van der Waals surface area contributed by atoms with Gasteiger partial charge in [-0.15, -0.1) is 0 Å². The molecule has 2 heterocycles. The Kier molecular flexibility index (Phi) is 5.70. The minimum Gasteiger partial charge on any atom is -0.366 e. The summed E-state index contributed by atoms with van der Waals surface area (Å²) in [5, 5.41) is 0.634. The first-order valence-electron chi connectivity index (χ1n) is 10.5. The molecule has 2 amide bonds. The van der Waals surface area contributed by atoms with Gasteiger partial charge in [0, 0.05) is 18.1 Å². The predicted molar refractivity (Wildman–Crippen MR) is 120 cm³/mol. The van der Waals surface area contributed by atoms with Crippen LogP contribution < -0.4 is 0 Å². The lowest BCUT2D eigenvalue weighted by molar-refractivity contribution is -0.138. The van der Waals surface area contributed by atoms with E-state index < -0.39 is 0 Å². The molecule has 0 atom stereocenters. The van der Waals surface area contributed by atoms with E-state index in [1.165, 1.54) is 4.90 Å². The molecule has 0 N–H and O–H groups in total. The molecule has 0 aliphatic carbocycles. The highest BCUT2D eigenvalue weighted by Crippen LogP contribution is 2.36. The molecule has 0 bridgehead atoms. The van der Waals surface area contributed by atoms with Crippen molar-refractivity contribution in [2.24, 2.45) is 5.92 Å². The number of imide groups is 1. The summed E-state index contributed by atoms with van der Waals surface area (Å²) in [6.45, 7) is 8.14. The van der Waals surface area contributed by atoms with E-state index in [9.17, 15) is 9.59 Å². The van der Waals surface area contributed by atoms with Crippen LogP contribution >= 0.6 is 11.6 Å². The number of piperidine rings is 1. The molecular weight excluding hydrogens is 396 g/mol. The number of carbonyl (C=O) groups is 2. The van der Waals surface area contributed by atoms with Gasteiger partial charge in [0.05, 0.1) is 12.1 Å². The fraction of sp³-hybridized carbons (Fsp3) is 0.360. The third kappa shape index (κ3) is 3.89. The molecule has 4 nitrogen and oxygen atoms in total. The second-order valence-electron chi connectivity index (χ2n) is 8.53. The number of nitrogens with zero attached hydrogens (tertiary/aromatic N) is 2. The first-order valence-corrected chi connectivity index (χ1v) is 10.9. The smallest absolute Gasteiger partial charge is 0.278 e. The second kappa shape index (κ2) is 8.27. The number of aryl methyl sites for hydroxylation is 2. The van der Waals surface area contributed by atoms with E-state index in [2.05, 4.69) is 17.9 Å². The molecule has 2 aromatic rings. The van der Waals surface area contributed by atoms with Crippen molar-refractivity contribution in [3.8, 4) is 0 Å². The van der Waals surface area contributed by atoms with Gasteiger partial charge in [0.15, 0.2) is 0 Å². The number of hydrogen-bond acceptors (Lipinski definition) is 3. The summed E-state index contributed by atoms with van der Waals surface area (Å²) in [4.78, 5) is 30.5. The summed E-state index contributed by atoms with van der Waals surface area (Å²) < 4.78 is 0. The maximum atomic E-state index is 13.5. The Bertz CT molecular complexity index is 1020. The lowest BCUT2D eigenvalue weighted by Crippen LogP contribution is -2.38. The van der Waals surface area contributed by atoms with Gasteiger partial charge < -0.3 is 4.90 Å². The van der Waals surface area contributed by atoms with Crippen LogP contribution in [-0.4, -0.2) is 34.7 Å². The van der Waals surface area contributed by atoms with Crippen molar-refractivity contribution in [1.29, 1.82) is 0 Å².